The van der Waals surface area contributed by atoms with Gasteiger partial charge < -0.3 is 20.5 Å². The summed E-state index contributed by atoms with van der Waals surface area (Å²) in [6.45, 7) is 7.88. The molecule has 1 aromatic heterocycles. The predicted octanol–water partition coefficient (Wildman–Crippen LogP) is 4.51. The number of benzene rings is 2. The lowest BCUT2D eigenvalue weighted by Crippen LogP contribution is -2.38. The first-order valence-electron chi connectivity index (χ1n) is 11.6. The van der Waals surface area contributed by atoms with E-state index in [1.807, 2.05) is 17.0 Å². The summed E-state index contributed by atoms with van der Waals surface area (Å²) in [6, 6.07) is 14.8. The summed E-state index contributed by atoms with van der Waals surface area (Å²) in [4.78, 5) is 22.5. The Morgan fingerprint density at radius 3 is 2.61 bits per heavy atom. The summed E-state index contributed by atoms with van der Waals surface area (Å²) in [6.07, 6.45) is 4.30. The average molecular weight is 559 g/mol. The van der Waals surface area contributed by atoms with Gasteiger partial charge in [0.2, 0.25) is 5.91 Å². The zero-order valence-corrected chi connectivity index (χ0v) is 21.8. The van der Waals surface area contributed by atoms with Crippen molar-refractivity contribution in [3.63, 3.8) is 0 Å². The normalized spacial score (nSPS) is 13.0. The van der Waals surface area contributed by atoms with Crippen LogP contribution >= 0.6 is 24.0 Å². The van der Waals surface area contributed by atoms with Crippen LogP contribution in [0.4, 0.5) is 0 Å². The van der Waals surface area contributed by atoms with Gasteiger partial charge in [-0.15, -0.1) is 24.0 Å². The maximum atomic E-state index is 12.6. The molecule has 0 atom stereocenters. The molecule has 1 amide bonds. The van der Waals surface area contributed by atoms with E-state index < -0.39 is 0 Å². The van der Waals surface area contributed by atoms with Gasteiger partial charge >= 0.3 is 0 Å². The van der Waals surface area contributed by atoms with E-state index in [1.54, 1.807) is 0 Å². The van der Waals surface area contributed by atoms with Crippen LogP contribution in [0.1, 0.15) is 42.0 Å². The minimum absolute atomic E-state index is 0. The van der Waals surface area contributed by atoms with Crippen LogP contribution in [0.5, 0.6) is 0 Å². The van der Waals surface area contributed by atoms with Crippen molar-refractivity contribution in [3.8, 4) is 0 Å². The third-order valence-electron chi connectivity index (χ3n) is 5.97. The predicted molar refractivity (Wildman–Crippen MR) is 146 cm³/mol. The van der Waals surface area contributed by atoms with Crippen molar-refractivity contribution >= 4 is 46.7 Å². The summed E-state index contributed by atoms with van der Waals surface area (Å²) in [5.41, 5.74) is 6.29. The first-order chi connectivity index (χ1) is 15.6. The van der Waals surface area contributed by atoms with Gasteiger partial charge in [-0.3, -0.25) is 9.79 Å². The zero-order valence-electron chi connectivity index (χ0n) is 19.5. The number of carbonyl (C=O) groups is 1. The van der Waals surface area contributed by atoms with Crippen molar-refractivity contribution in [2.45, 2.75) is 46.2 Å². The molecule has 4 rings (SSSR count). The molecule has 0 unspecified atom stereocenters. The van der Waals surface area contributed by atoms with E-state index in [1.165, 1.54) is 33.2 Å². The molecule has 0 spiro atoms. The fourth-order valence-corrected chi connectivity index (χ4v) is 4.25. The highest BCUT2D eigenvalue weighted by Gasteiger charge is 2.22. The number of aryl methyl sites for hydroxylation is 1. The van der Waals surface area contributed by atoms with Crippen LogP contribution in [0, 0.1) is 6.92 Å². The molecule has 33 heavy (non-hydrogen) atoms. The Hall–Kier alpha value is -2.55. The molecule has 2 heterocycles. The summed E-state index contributed by atoms with van der Waals surface area (Å²) in [7, 11) is 0. The van der Waals surface area contributed by atoms with Crippen molar-refractivity contribution in [1.29, 1.82) is 0 Å². The number of aromatic nitrogens is 1. The van der Waals surface area contributed by atoms with Gasteiger partial charge in [0, 0.05) is 56.2 Å². The molecule has 0 saturated carbocycles. The van der Waals surface area contributed by atoms with Crippen LogP contribution in [0.2, 0.25) is 0 Å². The second-order valence-corrected chi connectivity index (χ2v) is 8.42. The van der Waals surface area contributed by atoms with Crippen molar-refractivity contribution in [1.82, 2.24) is 20.5 Å². The number of halogens is 1. The molecule has 0 fully saturated rings. The Labute approximate surface area is 213 Å². The Morgan fingerprint density at radius 2 is 1.88 bits per heavy atom. The maximum absolute atomic E-state index is 12.6. The average Bonchev–Trinajstić information content (AvgIpc) is 3.40. The summed E-state index contributed by atoms with van der Waals surface area (Å²) in [5, 5.41) is 8.00. The van der Waals surface area contributed by atoms with E-state index in [4.69, 9.17) is 0 Å². The fraction of sp³-hybridized carbons (Fsp3) is 0.385. The van der Waals surface area contributed by atoms with E-state index in [0.717, 1.165) is 45.0 Å². The SMILES string of the molecule is CCNC(=NCCCC(=O)N1Cc2ccccc2C1)NCCc1c[nH]c2cc(C)ccc12.I. The van der Waals surface area contributed by atoms with Crippen molar-refractivity contribution in [2.24, 2.45) is 4.99 Å². The van der Waals surface area contributed by atoms with Crippen molar-refractivity contribution < 1.29 is 4.79 Å². The quantitative estimate of drug-likeness (QED) is 0.165. The Morgan fingerprint density at radius 1 is 1.12 bits per heavy atom. The van der Waals surface area contributed by atoms with Gasteiger partial charge in [-0.25, -0.2) is 0 Å². The standard InChI is InChI=1S/C26H33N5O.HI/c1-3-27-26(29-14-12-20-16-30-24-15-19(2)10-11-23(20)24)28-13-6-9-25(32)31-17-21-7-4-5-8-22(21)18-31;/h4-5,7-8,10-11,15-16,30H,3,6,9,12-14,17-18H2,1-2H3,(H2,27,28,29);1H. The molecule has 3 N–H and O–H groups in total. The molecule has 6 nitrogen and oxygen atoms in total. The van der Waals surface area contributed by atoms with Crippen molar-refractivity contribution in [2.75, 3.05) is 19.6 Å². The summed E-state index contributed by atoms with van der Waals surface area (Å²) in [5.74, 6) is 1.02. The van der Waals surface area contributed by atoms with Crippen molar-refractivity contribution in [3.05, 3.63) is 70.9 Å². The van der Waals surface area contributed by atoms with E-state index >= 15 is 0 Å². The van der Waals surface area contributed by atoms with Crippen LogP contribution < -0.4 is 10.6 Å². The number of nitrogens with one attached hydrogen (secondary N) is 3. The number of nitrogens with zero attached hydrogens (tertiary/aromatic N) is 2. The number of hydrogen-bond acceptors (Lipinski definition) is 2. The number of hydrogen-bond donors (Lipinski definition) is 3. The number of carbonyl (C=O) groups excluding carboxylic acids is 1. The number of guanidine groups is 1. The molecule has 7 heteroatoms. The molecule has 2 aromatic carbocycles. The van der Waals surface area contributed by atoms with E-state index in [2.05, 4.69) is 71.0 Å². The lowest BCUT2D eigenvalue weighted by molar-refractivity contribution is -0.131. The van der Waals surface area contributed by atoms with Crippen LogP contribution in [0.15, 0.2) is 53.7 Å². The lowest BCUT2D eigenvalue weighted by atomic mass is 10.1. The number of H-pyrrole nitrogens is 1. The molecule has 3 aromatic rings. The third kappa shape index (κ3) is 6.50. The van der Waals surface area contributed by atoms with Crippen LogP contribution in [-0.4, -0.2) is 41.4 Å². The largest absolute Gasteiger partial charge is 0.361 e. The van der Waals surface area contributed by atoms with Gasteiger partial charge in [-0.05, 0) is 55.0 Å². The number of rotatable bonds is 8. The Balaban J connectivity index is 0.00000306. The molecule has 1 aliphatic heterocycles. The molecule has 0 aliphatic carbocycles. The van der Waals surface area contributed by atoms with Gasteiger partial charge in [-0.2, -0.15) is 0 Å². The Kier molecular flexibility index (Phi) is 9.17. The van der Waals surface area contributed by atoms with E-state index in [0.29, 0.717) is 13.0 Å². The fourth-order valence-electron chi connectivity index (χ4n) is 4.25. The van der Waals surface area contributed by atoms with Crippen LogP contribution in [0.25, 0.3) is 10.9 Å². The van der Waals surface area contributed by atoms with Crippen LogP contribution in [0.3, 0.4) is 0 Å². The number of aliphatic imine (C=N–C) groups is 1. The smallest absolute Gasteiger partial charge is 0.223 e. The molecular weight excluding hydrogens is 525 g/mol. The first-order valence-corrected chi connectivity index (χ1v) is 11.6. The number of aromatic amines is 1. The highest BCUT2D eigenvalue weighted by Crippen LogP contribution is 2.23. The molecule has 0 saturated heterocycles. The minimum atomic E-state index is 0. The van der Waals surface area contributed by atoms with E-state index in [-0.39, 0.29) is 29.9 Å². The van der Waals surface area contributed by atoms with Crippen LogP contribution in [-0.2, 0) is 24.3 Å². The molecular formula is C26H34IN5O. The zero-order chi connectivity index (χ0) is 22.3. The molecule has 0 bridgehead atoms. The molecule has 176 valence electrons. The summed E-state index contributed by atoms with van der Waals surface area (Å²) < 4.78 is 0. The van der Waals surface area contributed by atoms with E-state index in [9.17, 15) is 4.79 Å². The third-order valence-corrected chi connectivity index (χ3v) is 5.97. The highest BCUT2D eigenvalue weighted by atomic mass is 127. The topological polar surface area (TPSA) is 72.5 Å². The molecule has 1 aliphatic rings. The van der Waals surface area contributed by atoms with Gasteiger partial charge in [0.25, 0.3) is 0 Å². The number of amides is 1. The summed E-state index contributed by atoms with van der Waals surface area (Å²) >= 11 is 0. The second kappa shape index (κ2) is 12.1. The van der Waals surface area contributed by atoms with Gasteiger partial charge in [0.1, 0.15) is 0 Å². The minimum Gasteiger partial charge on any atom is -0.361 e. The Bertz CT molecular complexity index is 1080. The lowest BCUT2D eigenvalue weighted by Gasteiger charge is -2.15. The maximum Gasteiger partial charge on any atom is 0.223 e. The highest BCUT2D eigenvalue weighted by molar-refractivity contribution is 14.0. The second-order valence-electron chi connectivity index (χ2n) is 8.42. The first kappa shape index (κ1) is 25.1. The van der Waals surface area contributed by atoms with Gasteiger partial charge in [-0.1, -0.05) is 36.4 Å². The number of fused-ring (bicyclic) bond motifs is 2. The molecule has 0 radical (unpaired) electrons. The van der Waals surface area contributed by atoms with Gasteiger partial charge in [0.15, 0.2) is 5.96 Å². The monoisotopic (exact) mass is 559 g/mol. The van der Waals surface area contributed by atoms with Gasteiger partial charge in [0.05, 0.1) is 0 Å².